The highest BCUT2D eigenvalue weighted by molar-refractivity contribution is 7.84. The normalized spacial score (nSPS) is 14.3. The van der Waals surface area contributed by atoms with Crippen molar-refractivity contribution in [2.75, 3.05) is 60.0 Å². The van der Waals surface area contributed by atoms with Gasteiger partial charge in [0.1, 0.15) is 12.4 Å². The van der Waals surface area contributed by atoms with Crippen LogP contribution in [0.5, 0.6) is 0 Å². The average Bonchev–Trinajstić information content (AvgIpc) is 2.88. The molecule has 36 heavy (non-hydrogen) atoms. The van der Waals surface area contributed by atoms with Crippen LogP contribution in [0.25, 0.3) is 11.4 Å². The van der Waals surface area contributed by atoms with E-state index in [-0.39, 0.29) is 25.7 Å². The van der Waals surface area contributed by atoms with Crippen molar-refractivity contribution in [3.8, 4) is 11.4 Å². The number of hydrogen-bond donors (Lipinski definition) is 4. The van der Waals surface area contributed by atoms with Crippen LogP contribution in [-0.2, 0) is 20.3 Å². The molecule has 11 nitrogen and oxygen atoms in total. The number of nitrogens with one attached hydrogen (secondary N) is 3. The molecular weight excluding hydrogens is 484 g/mol. The monoisotopic (exact) mass is 510 g/mol. The Labute approximate surface area is 210 Å². The van der Waals surface area contributed by atoms with Crippen molar-refractivity contribution in [2.45, 2.75) is 4.90 Å². The van der Waals surface area contributed by atoms with Gasteiger partial charge in [0.25, 0.3) is 5.91 Å². The molecule has 0 spiro atoms. The molecule has 12 heteroatoms. The molecule has 1 saturated heterocycles. The summed E-state index contributed by atoms with van der Waals surface area (Å²) in [7, 11) is -1.29. The van der Waals surface area contributed by atoms with E-state index in [0.29, 0.717) is 46.6 Å². The SMILES string of the molecule is CS(=O)c1cnc(-c2ccc(NC(=O)Nc3ccc(N4CCOCC4=O)cc3)cc2)nc1NCCO. The number of amides is 3. The summed E-state index contributed by atoms with van der Waals surface area (Å²) in [4.78, 5) is 35.2. The fraction of sp³-hybridized carbons (Fsp3) is 0.250. The molecule has 0 aliphatic carbocycles. The molecule has 4 N–H and O–H groups in total. The third kappa shape index (κ3) is 6.22. The van der Waals surface area contributed by atoms with E-state index >= 15 is 0 Å². The molecule has 0 radical (unpaired) electrons. The lowest BCUT2D eigenvalue weighted by molar-refractivity contribution is -0.125. The summed E-state index contributed by atoms with van der Waals surface area (Å²) in [5.41, 5.74) is 2.60. The van der Waals surface area contributed by atoms with Crippen LogP contribution in [0.3, 0.4) is 0 Å². The minimum atomic E-state index is -1.29. The molecule has 0 saturated carbocycles. The number of aliphatic hydroxyl groups is 1. The third-order valence-corrected chi connectivity index (χ3v) is 6.21. The zero-order chi connectivity index (χ0) is 25.5. The van der Waals surface area contributed by atoms with E-state index in [2.05, 4.69) is 25.9 Å². The van der Waals surface area contributed by atoms with Crippen molar-refractivity contribution in [2.24, 2.45) is 0 Å². The Balaban J connectivity index is 1.38. The van der Waals surface area contributed by atoms with Crippen molar-refractivity contribution in [3.05, 3.63) is 54.7 Å². The summed E-state index contributed by atoms with van der Waals surface area (Å²) in [6.45, 7) is 1.24. The topological polar surface area (TPSA) is 146 Å². The molecule has 2 heterocycles. The molecule has 1 atom stereocenters. The predicted octanol–water partition coefficient (Wildman–Crippen LogP) is 2.29. The summed E-state index contributed by atoms with van der Waals surface area (Å²) in [6.07, 6.45) is 3.03. The van der Waals surface area contributed by atoms with Crippen molar-refractivity contribution < 1.29 is 23.6 Å². The zero-order valence-corrected chi connectivity index (χ0v) is 20.4. The van der Waals surface area contributed by atoms with E-state index in [4.69, 9.17) is 9.84 Å². The number of aliphatic hydroxyl groups excluding tert-OH is 1. The summed E-state index contributed by atoms with van der Waals surface area (Å²) in [5.74, 6) is 0.724. The lowest BCUT2D eigenvalue weighted by atomic mass is 10.2. The first-order valence-corrected chi connectivity index (χ1v) is 12.7. The number of rotatable bonds is 8. The summed E-state index contributed by atoms with van der Waals surface area (Å²) < 4.78 is 17.1. The second-order valence-corrected chi connectivity index (χ2v) is 9.16. The predicted molar refractivity (Wildman–Crippen MR) is 138 cm³/mol. The molecule has 1 fully saturated rings. The number of nitrogens with zero attached hydrogens (tertiary/aromatic N) is 3. The molecule has 1 unspecified atom stereocenters. The lowest BCUT2D eigenvalue weighted by Gasteiger charge is -2.26. The van der Waals surface area contributed by atoms with Crippen LogP contribution in [0.1, 0.15) is 0 Å². The number of benzene rings is 2. The smallest absolute Gasteiger partial charge is 0.323 e. The zero-order valence-electron chi connectivity index (χ0n) is 19.6. The Hall–Kier alpha value is -3.87. The molecule has 1 aliphatic rings. The Morgan fingerprint density at radius 2 is 1.78 bits per heavy atom. The van der Waals surface area contributed by atoms with Gasteiger partial charge in [-0.1, -0.05) is 0 Å². The minimum Gasteiger partial charge on any atom is -0.395 e. The number of carbonyl (C=O) groups is 2. The van der Waals surface area contributed by atoms with Crippen molar-refractivity contribution in [3.63, 3.8) is 0 Å². The van der Waals surface area contributed by atoms with Gasteiger partial charge < -0.3 is 30.7 Å². The molecule has 0 bridgehead atoms. The molecule has 1 aromatic heterocycles. The molecule has 4 rings (SSSR count). The first kappa shape index (κ1) is 25.2. The van der Waals surface area contributed by atoms with Crippen LogP contribution in [-0.4, -0.2) is 70.4 Å². The first-order valence-electron chi connectivity index (χ1n) is 11.2. The minimum absolute atomic E-state index is 0.0695. The fourth-order valence-corrected chi connectivity index (χ4v) is 4.12. The van der Waals surface area contributed by atoms with Crippen LogP contribution in [0, 0.1) is 0 Å². The van der Waals surface area contributed by atoms with Gasteiger partial charge in [0, 0.05) is 48.2 Å². The number of anilines is 4. The molecular formula is C24H26N6O5S. The van der Waals surface area contributed by atoms with Crippen LogP contribution in [0.4, 0.5) is 27.7 Å². The maximum absolute atomic E-state index is 12.4. The van der Waals surface area contributed by atoms with E-state index in [1.54, 1.807) is 53.4 Å². The van der Waals surface area contributed by atoms with Gasteiger partial charge in [-0.25, -0.2) is 14.8 Å². The fourth-order valence-electron chi connectivity index (χ4n) is 3.53. The van der Waals surface area contributed by atoms with Gasteiger partial charge in [-0.3, -0.25) is 9.00 Å². The van der Waals surface area contributed by atoms with Gasteiger partial charge in [0.05, 0.1) is 28.9 Å². The van der Waals surface area contributed by atoms with Gasteiger partial charge in [-0.15, -0.1) is 0 Å². The summed E-state index contributed by atoms with van der Waals surface area (Å²) in [5, 5.41) is 17.6. The van der Waals surface area contributed by atoms with Gasteiger partial charge in [-0.2, -0.15) is 0 Å². The number of carbonyl (C=O) groups excluding carboxylic acids is 2. The quantitative estimate of drug-likeness (QED) is 0.361. The number of ether oxygens (including phenoxy) is 1. The number of hydrogen-bond acceptors (Lipinski definition) is 8. The molecule has 3 amide bonds. The Kier molecular flexibility index (Phi) is 8.21. The molecule has 1 aliphatic heterocycles. The van der Waals surface area contributed by atoms with Crippen LogP contribution < -0.4 is 20.9 Å². The van der Waals surface area contributed by atoms with Crippen molar-refractivity contribution >= 4 is 45.6 Å². The molecule has 188 valence electrons. The Morgan fingerprint density at radius 3 is 2.39 bits per heavy atom. The van der Waals surface area contributed by atoms with Gasteiger partial charge in [0.15, 0.2) is 5.82 Å². The van der Waals surface area contributed by atoms with Crippen molar-refractivity contribution in [1.82, 2.24) is 9.97 Å². The molecule has 3 aromatic rings. The highest BCUT2D eigenvalue weighted by Crippen LogP contribution is 2.23. The van der Waals surface area contributed by atoms with Gasteiger partial charge >= 0.3 is 6.03 Å². The number of urea groups is 1. The largest absolute Gasteiger partial charge is 0.395 e. The highest BCUT2D eigenvalue weighted by Gasteiger charge is 2.20. The first-order chi connectivity index (χ1) is 17.4. The van der Waals surface area contributed by atoms with E-state index in [1.165, 1.54) is 12.5 Å². The maximum Gasteiger partial charge on any atom is 0.323 e. The Bertz CT molecular complexity index is 1250. The van der Waals surface area contributed by atoms with Gasteiger partial charge in [0.2, 0.25) is 0 Å². The molecule has 2 aromatic carbocycles. The van der Waals surface area contributed by atoms with E-state index in [1.807, 2.05) is 0 Å². The van der Waals surface area contributed by atoms with Crippen LogP contribution in [0.15, 0.2) is 59.6 Å². The lowest BCUT2D eigenvalue weighted by Crippen LogP contribution is -2.41. The maximum atomic E-state index is 12.4. The van der Waals surface area contributed by atoms with E-state index in [9.17, 15) is 13.8 Å². The summed E-state index contributed by atoms with van der Waals surface area (Å²) in [6, 6.07) is 13.6. The second kappa shape index (κ2) is 11.7. The highest BCUT2D eigenvalue weighted by atomic mass is 32.2. The standard InChI is InChI=1S/C24H26N6O5S/c1-36(34)20-14-26-22(29-23(20)25-10-12-31)16-2-4-17(5-3-16)27-24(33)28-18-6-8-19(9-7-18)30-11-13-35-15-21(30)32/h2-9,14,31H,10-13,15H2,1H3,(H,25,26,29)(H2,27,28,33). The van der Waals surface area contributed by atoms with E-state index < -0.39 is 16.8 Å². The van der Waals surface area contributed by atoms with E-state index in [0.717, 1.165) is 5.69 Å². The second-order valence-electron chi connectivity index (χ2n) is 7.81. The summed E-state index contributed by atoms with van der Waals surface area (Å²) >= 11 is 0. The Morgan fingerprint density at radius 1 is 1.11 bits per heavy atom. The average molecular weight is 511 g/mol. The van der Waals surface area contributed by atoms with Gasteiger partial charge in [-0.05, 0) is 48.5 Å². The number of morpholine rings is 1. The van der Waals surface area contributed by atoms with Crippen LogP contribution >= 0.6 is 0 Å². The van der Waals surface area contributed by atoms with Crippen LogP contribution in [0.2, 0.25) is 0 Å². The third-order valence-electron chi connectivity index (χ3n) is 5.29. The van der Waals surface area contributed by atoms with Crippen molar-refractivity contribution in [1.29, 1.82) is 0 Å². The number of aromatic nitrogens is 2.